The third kappa shape index (κ3) is 8.92. The molecule has 50 heavy (non-hydrogen) atoms. The van der Waals surface area contributed by atoms with Gasteiger partial charge < -0.3 is 12.8 Å². The van der Waals surface area contributed by atoms with Crippen LogP contribution in [0.4, 0.5) is 0 Å². The van der Waals surface area contributed by atoms with E-state index in [1.54, 1.807) is 0 Å². The van der Waals surface area contributed by atoms with Gasteiger partial charge in [-0.1, -0.05) is 146 Å². The Morgan fingerprint density at radius 1 is 0.380 bits per heavy atom. The zero-order valence-electron chi connectivity index (χ0n) is 27.9. The fourth-order valence-corrected chi connectivity index (χ4v) is 8.49. The maximum Gasteiger partial charge on any atom is 0.0211 e. The molecule has 258 valence electrons. The minimum atomic E-state index is 0. The van der Waals surface area contributed by atoms with Gasteiger partial charge >= 0.3 is 0 Å². The smallest absolute Gasteiger partial charge is 0.0211 e. The Labute approximate surface area is 362 Å². The molecule has 4 aromatic rings. The fraction of sp³-hybridized carbons (Fsp3) is 0.227. The molecule has 0 heterocycles. The van der Waals surface area contributed by atoms with E-state index < -0.39 is 0 Å². The van der Waals surface area contributed by atoms with Crippen molar-refractivity contribution in [2.45, 2.75) is 37.5 Å². The molecule has 2 fully saturated rings. The van der Waals surface area contributed by atoms with Crippen LogP contribution in [-0.4, -0.2) is 0 Å². The minimum Gasteiger partial charge on any atom is -0.321 e. The Balaban J connectivity index is 0.000000303. The van der Waals surface area contributed by atoms with E-state index in [9.17, 15) is 0 Å². The first-order chi connectivity index (χ1) is 21.9. The maximum absolute atomic E-state index is 2.42. The first-order valence-electron chi connectivity index (χ1n) is 16.6. The van der Waals surface area contributed by atoms with Crippen LogP contribution in [0.25, 0.3) is 22.3 Å². The molecule has 2 saturated carbocycles. The van der Waals surface area contributed by atoms with E-state index in [1.807, 2.05) is 0 Å². The van der Waals surface area contributed by atoms with Gasteiger partial charge in [0.25, 0.3) is 0 Å². The molecule has 0 saturated heterocycles. The van der Waals surface area contributed by atoms with Gasteiger partial charge in [-0.25, -0.2) is 0 Å². The molecule has 0 N–H and O–H groups in total. The van der Waals surface area contributed by atoms with Crippen LogP contribution in [-0.2, 0) is 52.4 Å². The summed E-state index contributed by atoms with van der Waals surface area (Å²) in [5.41, 5.74) is 11.4. The molecule has 0 amide bonds. The zero-order valence-corrected chi connectivity index (χ0v) is 36.1. The van der Waals surface area contributed by atoms with Crippen molar-refractivity contribution in [2.24, 2.45) is 23.7 Å². The predicted octanol–water partition coefficient (Wildman–Crippen LogP) is 13.0. The Bertz CT molecular complexity index is 1540. The molecule has 4 unspecified atom stereocenters. The summed E-state index contributed by atoms with van der Waals surface area (Å²) in [7, 11) is 0. The summed E-state index contributed by atoms with van der Waals surface area (Å²) >= 11 is 0. The van der Waals surface area contributed by atoms with Gasteiger partial charge in [-0.15, -0.1) is 73.6 Å². The van der Waals surface area contributed by atoms with Crippen LogP contribution < -0.4 is 0 Å². The fourth-order valence-electron chi connectivity index (χ4n) is 8.49. The zero-order chi connectivity index (χ0) is 29.3. The number of hydrogen-bond acceptors (Lipinski definition) is 0. The second kappa shape index (κ2) is 20.9. The van der Waals surface area contributed by atoms with Crippen molar-refractivity contribution in [3.63, 3.8) is 0 Å². The molecular weight excluding hydrogens is 853 g/mol. The van der Waals surface area contributed by atoms with Gasteiger partial charge in [0.05, 0.1) is 0 Å². The van der Waals surface area contributed by atoms with Crippen LogP contribution >= 0.6 is 49.6 Å². The van der Waals surface area contributed by atoms with Crippen molar-refractivity contribution in [1.82, 2.24) is 0 Å². The Morgan fingerprint density at radius 2 is 0.660 bits per heavy atom. The molecule has 6 heteroatoms. The number of rotatable bonds is 1. The molecule has 6 aliphatic carbocycles. The summed E-state index contributed by atoms with van der Waals surface area (Å²) < 4.78 is 0. The average molecular weight is 897 g/mol. The van der Waals surface area contributed by atoms with E-state index in [2.05, 4.69) is 159 Å². The third-order valence-electron chi connectivity index (χ3n) is 10.6. The van der Waals surface area contributed by atoms with Crippen molar-refractivity contribution >= 4 is 49.6 Å². The minimum absolute atomic E-state index is 0. The standard InChI is InChI=1S/C26H18.2C9H11.4ClH.2Zr/c1-5-13-21-17(9-1)18-10-2-6-14-22(18)25(21)26-23-15-7-3-11-19(23)20-12-4-8-16-24(20)26;2*1-2-5-9-7-3-6-8(9)4-1;;;;;;/h1-16,25-26H;2*1-2,4-6,8-9H,3,7H2;4*1H;;/q;2*-1;;;;;;. The van der Waals surface area contributed by atoms with Gasteiger partial charge in [-0.2, -0.15) is 12.8 Å². The van der Waals surface area contributed by atoms with Crippen LogP contribution in [0.1, 0.15) is 59.8 Å². The van der Waals surface area contributed by atoms with Gasteiger partial charge in [0.1, 0.15) is 0 Å². The third-order valence-corrected chi connectivity index (χ3v) is 10.6. The molecule has 10 rings (SSSR count). The normalized spacial score (nSPS) is 21.7. The van der Waals surface area contributed by atoms with Crippen molar-refractivity contribution in [3.05, 3.63) is 181 Å². The molecule has 0 nitrogen and oxygen atoms in total. The molecule has 0 bridgehead atoms. The number of fused-ring (bicyclic) bond motifs is 8. The first kappa shape index (κ1) is 44.9. The van der Waals surface area contributed by atoms with E-state index in [-0.39, 0.29) is 102 Å². The number of halogens is 4. The van der Waals surface area contributed by atoms with E-state index >= 15 is 0 Å². The van der Waals surface area contributed by atoms with Crippen molar-refractivity contribution in [1.29, 1.82) is 0 Å². The van der Waals surface area contributed by atoms with E-state index in [0.29, 0.717) is 11.8 Å². The molecule has 0 spiro atoms. The Kier molecular flexibility index (Phi) is 18.7. The summed E-state index contributed by atoms with van der Waals surface area (Å²) in [5, 5.41) is 0. The van der Waals surface area contributed by atoms with Crippen molar-refractivity contribution in [2.75, 3.05) is 0 Å². The summed E-state index contributed by atoms with van der Waals surface area (Å²) in [4.78, 5) is 0. The summed E-state index contributed by atoms with van der Waals surface area (Å²) in [5.74, 6) is 3.99. The second-order valence-electron chi connectivity index (χ2n) is 13.0. The maximum atomic E-state index is 2.42. The average Bonchev–Trinajstić information content (AvgIpc) is 3.89. The van der Waals surface area contributed by atoms with E-state index in [0.717, 1.165) is 23.7 Å². The van der Waals surface area contributed by atoms with Gasteiger partial charge in [0.2, 0.25) is 0 Å². The quantitative estimate of drug-likeness (QED) is 0.167. The first-order valence-corrected chi connectivity index (χ1v) is 16.6. The predicted molar refractivity (Wildman–Crippen MR) is 214 cm³/mol. The van der Waals surface area contributed by atoms with Crippen molar-refractivity contribution < 1.29 is 52.4 Å². The molecule has 0 aliphatic heterocycles. The second-order valence-corrected chi connectivity index (χ2v) is 13.0. The monoisotopic (exact) mass is 892 g/mol. The van der Waals surface area contributed by atoms with Gasteiger partial charge in [-0.05, 0) is 56.3 Å². The molecule has 0 radical (unpaired) electrons. The van der Waals surface area contributed by atoms with Gasteiger partial charge in [0.15, 0.2) is 0 Å². The molecule has 6 aliphatic rings. The number of hydrogen-bond donors (Lipinski definition) is 0. The SMILES string of the molecule is C1=CC2[CH-]CCC2C=C1.C1=CC2[CH-]CCC2C=C1.Cl.Cl.Cl.Cl.[Zr].[Zr].c1ccc2c(c1)-c1ccccc1C2C1c2ccccc2-c2ccccc21. The van der Waals surface area contributed by atoms with Crippen molar-refractivity contribution in [3.8, 4) is 22.3 Å². The van der Waals surface area contributed by atoms with E-state index in [4.69, 9.17) is 0 Å². The van der Waals surface area contributed by atoms with Crippen LogP contribution in [0.2, 0.25) is 0 Å². The van der Waals surface area contributed by atoms with Gasteiger partial charge in [-0.3, -0.25) is 0 Å². The van der Waals surface area contributed by atoms with Crippen LogP contribution in [0.15, 0.2) is 146 Å². The Morgan fingerprint density at radius 3 is 0.960 bits per heavy atom. The van der Waals surface area contributed by atoms with E-state index in [1.165, 1.54) is 70.2 Å². The number of benzene rings is 4. The molecular formula is C44H44Cl4Zr2-2. The molecule has 0 aromatic heterocycles. The van der Waals surface area contributed by atoms with Crippen LogP contribution in [0.3, 0.4) is 0 Å². The summed E-state index contributed by atoms with van der Waals surface area (Å²) in [6.07, 6.45) is 28.1. The number of allylic oxidation sites excluding steroid dienone is 8. The van der Waals surface area contributed by atoms with Gasteiger partial charge in [0, 0.05) is 64.2 Å². The molecule has 4 aromatic carbocycles. The summed E-state index contributed by atoms with van der Waals surface area (Å²) in [6.45, 7) is 0. The largest absolute Gasteiger partial charge is 0.321 e. The summed E-state index contributed by atoms with van der Waals surface area (Å²) in [6, 6.07) is 35.8. The Hall–Kier alpha value is -1.23. The molecule has 4 atom stereocenters. The van der Waals surface area contributed by atoms with Crippen LogP contribution in [0.5, 0.6) is 0 Å². The van der Waals surface area contributed by atoms with Crippen LogP contribution in [0, 0.1) is 36.5 Å². The topological polar surface area (TPSA) is 0 Å².